The zero-order valence-corrected chi connectivity index (χ0v) is 22.3. The van der Waals surface area contributed by atoms with Crippen molar-refractivity contribution >= 4 is 63.5 Å². The van der Waals surface area contributed by atoms with Crippen LogP contribution in [0.3, 0.4) is 0 Å². The number of fused-ring (bicyclic) bond motifs is 1. The second-order valence-electron chi connectivity index (χ2n) is 7.67. The van der Waals surface area contributed by atoms with Gasteiger partial charge in [0.15, 0.2) is 16.0 Å². The number of aromatic nitrogens is 4. The van der Waals surface area contributed by atoms with Crippen molar-refractivity contribution in [2.24, 2.45) is 5.16 Å². The van der Waals surface area contributed by atoms with Gasteiger partial charge in [-0.2, -0.15) is 0 Å². The van der Waals surface area contributed by atoms with Gasteiger partial charge in [0.2, 0.25) is 0 Å². The summed E-state index contributed by atoms with van der Waals surface area (Å²) >= 11 is 3.23. The Labute approximate surface area is 230 Å². The van der Waals surface area contributed by atoms with Crippen molar-refractivity contribution in [3.8, 4) is 0 Å². The van der Waals surface area contributed by atoms with Crippen LogP contribution in [0.5, 0.6) is 0 Å². The fourth-order valence-electron chi connectivity index (χ4n) is 3.65. The van der Waals surface area contributed by atoms with Crippen LogP contribution < -0.4 is 22.2 Å². The Morgan fingerprint density at radius 2 is 2.18 bits per heavy atom. The molecule has 2 aromatic heterocycles. The average molecular weight is 597 g/mol. The van der Waals surface area contributed by atoms with Crippen LogP contribution in [0.25, 0.3) is 0 Å². The van der Waals surface area contributed by atoms with Crippen LogP contribution >= 0.6 is 34.9 Å². The maximum atomic E-state index is 13.0. The zero-order valence-electron chi connectivity index (χ0n) is 19.9. The normalized spacial score (nSPS) is 19.2. The minimum Gasteiger partial charge on any atom is -0.477 e. The molecule has 0 spiro atoms. The van der Waals surface area contributed by atoms with Crippen LogP contribution in [0.1, 0.15) is 5.69 Å². The van der Waals surface area contributed by atoms with Gasteiger partial charge in [-0.3, -0.25) is 28.6 Å². The van der Waals surface area contributed by atoms with Gasteiger partial charge in [-0.25, -0.2) is 14.9 Å². The summed E-state index contributed by atoms with van der Waals surface area (Å²) in [5.41, 5.74) is 3.79. The van der Waals surface area contributed by atoms with Gasteiger partial charge in [-0.1, -0.05) is 16.9 Å². The number of nitrogen functional groups attached to an aromatic ring is 1. The molecule has 16 nitrogen and oxygen atoms in total. The Kier molecular flexibility index (Phi) is 8.53. The molecule has 2 unspecified atom stereocenters. The third kappa shape index (κ3) is 5.60. The van der Waals surface area contributed by atoms with Crippen molar-refractivity contribution in [1.82, 2.24) is 30.0 Å². The third-order valence-electron chi connectivity index (χ3n) is 5.34. The van der Waals surface area contributed by atoms with Crippen molar-refractivity contribution in [3.63, 3.8) is 0 Å². The highest BCUT2D eigenvalue weighted by atomic mass is 32.2. The monoisotopic (exact) mass is 596 g/mol. The molecule has 39 heavy (non-hydrogen) atoms. The van der Waals surface area contributed by atoms with Crippen LogP contribution in [-0.2, 0) is 25.8 Å². The lowest BCUT2D eigenvalue weighted by atomic mass is 10.0. The molecule has 2 aliphatic heterocycles. The number of hydrogen-bond donors (Lipinski definition) is 5. The third-order valence-corrected chi connectivity index (χ3v) is 8.11. The number of amides is 2. The second kappa shape index (κ2) is 11.8. The Bertz CT molecular complexity index is 1530. The van der Waals surface area contributed by atoms with Crippen molar-refractivity contribution in [2.75, 3.05) is 25.2 Å². The predicted octanol–water partition coefficient (Wildman–Crippen LogP) is -1.64. The van der Waals surface area contributed by atoms with E-state index in [9.17, 15) is 34.2 Å². The maximum absolute atomic E-state index is 13.0. The number of thioether (sulfide) groups is 2. The lowest BCUT2D eigenvalue weighted by Gasteiger charge is -2.49. The van der Waals surface area contributed by atoms with Gasteiger partial charge < -0.3 is 26.1 Å². The minimum absolute atomic E-state index is 0.0712. The van der Waals surface area contributed by atoms with E-state index in [1.807, 2.05) is 0 Å². The largest absolute Gasteiger partial charge is 0.477 e. The fourth-order valence-corrected chi connectivity index (χ4v) is 6.27. The molecule has 4 rings (SSSR count). The highest BCUT2D eigenvalue weighted by Crippen LogP contribution is 2.41. The molecule has 206 valence electrons. The van der Waals surface area contributed by atoms with Crippen molar-refractivity contribution < 1.29 is 29.4 Å². The summed E-state index contributed by atoms with van der Waals surface area (Å²) in [6.45, 7) is -0.561. The molecule has 0 saturated carbocycles. The number of aliphatic hydroxyl groups excluding tert-OH is 1. The van der Waals surface area contributed by atoms with Crippen molar-refractivity contribution in [3.05, 3.63) is 54.5 Å². The van der Waals surface area contributed by atoms with Crippen LogP contribution in [-0.4, -0.2) is 89.2 Å². The number of nitrogens with zero attached hydrogens (tertiary/aromatic N) is 5. The first-order valence-corrected chi connectivity index (χ1v) is 13.7. The highest BCUT2D eigenvalue weighted by Gasteiger charge is 2.54. The first-order chi connectivity index (χ1) is 18.7. The lowest BCUT2D eigenvalue weighted by molar-refractivity contribution is -0.150. The van der Waals surface area contributed by atoms with Gasteiger partial charge in [0, 0.05) is 11.1 Å². The summed E-state index contributed by atoms with van der Waals surface area (Å²) < 4.78 is 0.985. The molecule has 0 bridgehead atoms. The summed E-state index contributed by atoms with van der Waals surface area (Å²) in [5.74, 6) is -2.54. The number of hydrogen-bond acceptors (Lipinski definition) is 14. The zero-order chi connectivity index (χ0) is 28.3. The molecule has 19 heteroatoms. The average Bonchev–Trinajstić information content (AvgIpc) is 3.34. The second-order valence-corrected chi connectivity index (χ2v) is 10.5. The first kappa shape index (κ1) is 28.1. The van der Waals surface area contributed by atoms with Crippen LogP contribution in [0.15, 0.2) is 48.0 Å². The molecule has 4 heterocycles. The van der Waals surface area contributed by atoms with E-state index < -0.39 is 46.9 Å². The van der Waals surface area contributed by atoms with Crippen LogP contribution in [0.2, 0.25) is 0 Å². The molecule has 2 aliphatic rings. The Hall–Kier alpha value is -3.94. The number of rotatable bonds is 10. The SMILES string of the molecule is CO/N=C(/C(=O)NC1C(=O)N2C(C(=O)O)=C(/C=C/Sc3n[nH]c(=O)c(=O)n3CCO)CSC12)c1csc(N)n1. The number of carbonyl (C=O) groups excluding carboxylic acids is 2. The van der Waals surface area contributed by atoms with Crippen molar-refractivity contribution in [2.45, 2.75) is 23.1 Å². The number of carboxylic acids is 1. The molecule has 2 aromatic rings. The number of H-pyrrole nitrogens is 1. The molecular formula is C20H20N8O8S3. The molecule has 2 atom stereocenters. The van der Waals surface area contributed by atoms with Gasteiger partial charge in [-0.15, -0.1) is 28.2 Å². The van der Waals surface area contributed by atoms with E-state index in [-0.39, 0.29) is 39.7 Å². The van der Waals surface area contributed by atoms with E-state index in [1.54, 1.807) is 0 Å². The number of aliphatic carboxylic acids is 1. The smallest absolute Gasteiger partial charge is 0.352 e. The number of nitrogens with two attached hydrogens (primary N) is 1. The van der Waals surface area contributed by atoms with Gasteiger partial charge in [0.05, 0.1) is 13.2 Å². The Morgan fingerprint density at radius 3 is 2.82 bits per heavy atom. The van der Waals surface area contributed by atoms with E-state index in [0.29, 0.717) is 5.57 Å². The number of nitrogens with one attached hydrogen (secondary N) is 2. The number of aromatic amines is 1. The van der Waals surface area contributed by atoms with Crippen LogP contribution in [0.4, 0.5) is 5.13 Å². The number of thiazole rings is 1. The number of carbonyl (C=O) groups is 3. The summed E-state index contributed by atoms with van der Waals surface area (Å²) in [6, 6.07) is -1.02. The van der Waals surface area contributed by atoms with Gasteiger partial charge in [-0.05, 0) is 17.1 Å². The van der Waals surface area contributed by atoms with E-state index in [4.69, 9.17) is 10.6 Å². The molecule has 0 aliphatic carbocycles. The maximum Gasteiger partial charge on any atom is 0.352 e. The first-order valence-electron chi connectivity index (χ1n) is 10.9. The molecule has 1 fully saturated rings. The molecular weight excluding hydrogens is 576 g/mol. The Morgan fingerprint density at radius 1 is 1.41 bits per heavy atom. The van der Waals surface area contributed by atoms with E-state index in [1.165, 1.54) is 35.7 Å². The van der Waals surface area contributed by atoms with Gasteiger partial charge in [0.1, 0.15) is 29.9 Å². The van der Waals surface area contributed by atoms with Gasteiger partial charge >= 0.3 is 17.1 Å². The topological polar surface area (TPSA) is 235 Å². The number of aliphatic hydroxyl groups is 1. The summed E-state index contributed by atoms with van der Waals surface area (Å²) in [6.07, 6.45) is 1.45. The molecule has 2 amide bonds. The minimum atomic E-state index is -1.35. The standard InChI is InChI=1S/C20H20N8O8S3/c1-36-26-10(9-7-39-19(21)22-9)13(30)23-11-15(32)28-12(18(34)35)8(6-38-17(11)28)2-5-37-20-25-24-14(31)16(33)27(20)3-4-29/h2,5,7,11,17,29H,3-4,6H2,1H3,(H2,21,22)(H,23,30)(H,24,31)(H,34,35)/b5-2+,26-10+. The highest BCUT2D eigenvalue weighted by molar-refractivity contribution is 8.02. The summed E-state index contributed by atoms with van der Waals surface area (Å²) in [7, 11) is 1.24. The van der Waals surface area contributed by atoms with Gasteiger partial charge in [0.25, 0.3) is 11.8 Å². The number of oxime groups is 1. The lowest BCUT2D eigenvalue weighted by Crippen LogP contribution is -2.71. The number of carboxylic acid groups (broad SMARTS) is 1. The quantitative estimate of drug-likeness (QED) is 0.0681. The molecule has 6 N–H and O–H groups in total. The fraction of sp³-hybridized carbons (Fsp3) is 0.300. The number of anilines is 1. The summed E-state index contributed by atoms with van der Waals surface area (Å²) in [4.78, 5) is 71.3. The number of allylic oxidation sites excluding steroid dienone is 1. The Balaban J connectivity index is 1.52. The van der Waals surface area contributed by atoms with E-state index in [0.717, 1.165) is 32.6 Å². The summed E-state index contributed by atoms with van der Waals surface area (Å²) in [5, 5.41) is 33.7. The predicted molar refractivity (Wildman–Crippen MR) is 141 cm³/mol. The number of β-lactam (4-membered cyclic amide) rings is 1. The molecule has 0 radical (unpaired) electrons. The van der Waals surface area contributed by atoms with Crippen LogP contribution in [0, 0.1) is 0 Å². The van der Waals surface area contributed by atoms with Crippen molar-refractivity contribution in [1.29, 1.82) is 0 Å². The molecule has 0 aromatic carbocycles. The van der Waals surface area contributed by atoms with E-state index in [2.05, 4.69) is 25.7 Å². The van der Waals surface area contributed by atoms with E-state index >= 15 is 0 Å². The molecule has 1 saturated heterocycles.